The van der Waals surface area contributed by atoms with Crippen LogP contribution in [0.2, 0.25) is 0 Å². The number of carbonyl (C=O) groups is 1. The first-order valence-electron chi connectivity index (χ1n) is 5.83. The van der Waals surface area contributed by atoms with E-state index < -0.39 is 15.6 Å². The number of hydrogen-bond donors (Lipinski definition) is 1. The van der Waals surface area contributed by atoms with Crippen LogP contribution in [0.4, 0.5) is 0 Å². The van der Waals surface area contributed by atoms with Gasteiger partial charge in [0, 0.05) is 17.6 Å². The van der Waals surface area contributed by atoms with E-state index in [4.69, 9.17) is 0 Å². The number of benzene rings is 1. The number of sulfonamides is 1. The number of rotatable bonds is 2. The molecule has 0 spiro atoms. The van der Waals surface area contributed by atoms with Crippen molar-refractivity contribution in [3.63, 3.8) is 0 Å². The summed E-state index contributed by atoms with van der Waals surface area (Å²) in [6.07, 6.45) is 0. The Balaban J connectivity index is 2.47. The van der Waals surface area contributed by atoms with Gasteiger partial charge in [-0.2, -0.15) is 4.31 Å². The van der Waals surface area contributed by atoms with Crippen molar-refractivity contribution in [2.24, 2.45) is 0 Å². The molecule has 19 heavy (non-hydrogen) atoms. The zero-order valence-electron chi connectivity index (χ0n) is 10.7. The Morgan fingerprint density at radius 2 is 2.05 bits per heavy atom. The number of hydrogen-bond acceptors (Lipinski definition) is 3. The third kappa shape index (κ3) is 2.54. The van der Waals surface area contributed by atoms with Crippen molar-refractivity contribution < 1.29 is 13.2 Å². The largest absolute Gasteiger partial charge is 0.353 e. The Kier molecular flexibility index (Phi) is 3.72. The summed E-state index contributed by atoms with van der Waals surface area (Å²) in [6, 6.07) is 6.49. The lowest BCUT2D eigenvalue weighted by atomic mass is 10.0. The highest BCUT2D eigenvalue weighted by molar-refractivity contribution is 9.10. The smallest absolute Gasteiger partial charge is 0.244 e. The fourth-order valence-electron chi connectivity index (χ4n) is 2.06. The molecule has 0 unspecified atom stereocenters. The van der Waals surface area contributed by atoms with Gasteiger partial charge in [-0.3, -0.25) is 4.79 Å². The molecule has 1 aliphatic heterocycles. The van der Waals surface area contributed by atoms with Gasteiger partial charge in [0.05, 0.1) is 4.90 Å². The second kappa shape index (κ2) is 4.88. The van der Waals surface area contributed by atoms with Gasteiger partial charge < -0.3 is 5.32 Å². The first-order chi connectivity index (χ1) is 8.76. The number of amides is 1. The van der Waals surface area contributed by atoms with Crippen LogP contribution in [-0.4, -0.2) is 37.3 Å². The monoisotopic (exact) mass is 346 g/mol. The zero-order chi connectivity index (χ0) is 14.3. The van der Waals surface area contributed by atoms with Crippen molar-refractivity contribution in [2.75, 3.05) is 13.1 Å². The van der Waals surface area contributed by atoms with Gasteiger partial charge in [0.2, 0.25) is 15.9 Å². The Morgan fingerprint density at radius 3 is 2.68 bits per heavy atom. The van der Waals surface area contributed by atoms with Gasteiger partial charge in [-0.05, 0) is 32.0 Å². The van der Waals surface area contributed by atoms with E-state index in [2.05, 4.69) is 21.2 Å². The van der Waals surface area contributed by atoms with Crippen molar-refractivity contribution in [1.29, 1.82) is 0 Å². The van der Waals surface area contributed by atoms with Crippen LogP contribution >= 0.6 is 15.9 Å². The van der Waals surface area contributed by atoms with E-state index in [-0.39, 0.29) is 17.3 Å². The van der Waals surface area contributed by atoms with E-state index in [9.17, 15) is 13.2 Å². The van der Waals surface area contributed by atoms with Gasteiger partial charge >= 0.3 is 0 Å². The van der Waals surface area contributed by atoms with E-state index in [0.29, 0.717) is 11.0 Å². The quantitative estimate of drug-likeness (QED) is 0.878. The molecule has 0 aliphatic carbocycles. The molecule has 7 heteroatoms. The third-order valence-corrected chi connectivity index (χ3v) is 5.73. The van der Waals surface area contributed by atoms with Crippen molar-refractivity contribution in [2.45, 2.75) is 24.3 Å². The SMILES string of the molecule is CC1(C)C(=O)NCCN1S(=O)(=O)c1cccc(Br)c1. The van der Waals surface area contributed by atoms with Gasteiger partial charge in [-0.25, -0.2) is 8.42 Å². The van der Waals surface area contributed by atoms with Crippen LogP contribution < -0.4 is 5.32 Å². The minimum atomic E-state index is -3.68. The Bertz CT molecular complexity index is 613. The minimum Gasteiger partial charge on any atom is -0.353 e. The topological polar surface area (TPSA) is 66.5 Å². The lowest BCUT2D eigenvalue weighted by Gasteiger charge is -2.39. The molecule has 1 aliphatic rings. The maximum Gasteiger partial charge on any atom is 0.244 e. The van der Waals surface area contributed by atoms with Gasteiger partial charge in [0.25, 0.3) is 0 Å². The molecule has 0 bridgehead atoms. The standard InChI is InChI=1S/C12H15BrN2O3S/c1-12(2)11(16)14-6-7-15(12)19(17,18)10-5-3-4-9(13)8-10/h3-5,8H,6-7H2,1-2H3,(H,14,16). The summed E-state index contributed by atoms with van der Waals surface area (Å²) < 4.78 is 27.2. The van der Waals surface area contributed by atoms with Crippen molar-refractivity contribution in [3.8, 4) is 0 Å². The molecule has 1 heterocycles. The highest BCUT2D eigenvalue weighted by atomic mass is 79.9. The number of nitrogens with one attached hydrogen (secondary N) is 1. The lowest BCUT2D eigenvalue weighted by Crippen LogP contribution is -2.63. The normalized spacial score (nSPS) is 20.1. The molecule has 1 N–H and O–H groups in total. The summed E-state index contributed by atoms with van der Waals surface area (Å²) in [5.41, 5.74) is -1.08. The Morgan fingerprint density at radius 1 is 1.37 bits per heavy atom. The predicted octanol–water partition coefficient (Wildman–Crippen LogP) is 1.35. The van der Waals surface area contributed by atoms with E-state index >= 15 is 0 Å². The summed E-state index contributed by atoms with van der Waals surface area (Å²) >= 11 is 3.26. The van der Waals surface area contributed by atoms with Crippen LogP contribution in [0, 0.1) is 0 Å². The first-order valence-corrected chi connectivity index (χ1v) is 8.06. The van der Waals surface area contributed by atoms with Crippen LogP contribution in [0.3, 0.4) is 0 Å². The van der Waals surface area contributed by atoms with Crippen LogP contribution in [-0.2, 0) is 14.8 Å². The third-order valence-electron chi connectivity index (χ3n) is 3.16. The van der Waals surface area contributed by atoms with E-state index in [1.807, 2.05) is 0 Å². The van der Waals surface area contributed by atoms with Gasteiger partial charge in [0.15, 0.2) is 0 Å². The van der Waals surface area contributed by atoms with E-state index in [1.165, 1.54) is 16.4 Å². The summed E-state index contributed by atoms with van der Waals surface area (Å²) in [5, 5.41) is 2.68. The fraction of sp³-hybridized carbons (Fsp3) is 0.417. The molecular formula is C12H15BrN2O3S. The van der Waals surface area contributed by atoms with Gasteiger partial charge in [0.1, 0.15) is 5.54 Å². The molecule has 2 rings (SSSR count). The Hall–Kier alpha value is -0.920. The lowest BCUT2D eigenvalue weighted by molar-refractivity contribution is -0.131. The molecule has 1 aromatic rings. The van der Waals surface area contributed by atoms with Crippen LogP contribution in [0.5, 0.6) is 0 Å². The maximum atomic E-state index is 12.6. The van der Waals surface area contributed by atoms with Crippen molar-refractivity contribution in [1.82, 2.24) is 9.62 Å². The highest BCUT2D eigenvalue weighted by Crippen LogP contribution is 2.27. The van der Waals surface area contributed by atoms with Crippen molar-refractivity contribution in [3.05, 3.63) is 28.7 Å². The zero-order valence-corrected chi connectivity index (χ0v) is 13.1. The molecule has 0 saturated carbocycles. The minimum absolute atomic E-state index is 0.185. The maximum absolute atomic E-state index is 12.6. The summed E-state index contributed by atoms with van der Waals surface area (Å²) in [4.78, 5) is 12.0. The molecule has 0 aromatic heterocycles. The van der Waals surface area contributed by atoms with Gasteiger partial charge in [-0.1, -0.05) is 22.0 Å². The van der Waals surface area contributed by atoms with Crippen LogP contribution in [0.25, 0.3) is 0 Å². The molecule has 1 saturated heterocycles. The molecule has 1 amide bonds. The van der Waals surface area contributed by atoms with Gasteiger partial charge in [-0.15, -0.1) is 0 Å². The molecule has 1 fully saturated rings. The molecule has 104 valence electrons. The second-order valence-corrected chi connectivity index (χ2v) is 7.63. The molecular weight excluding hydrogens is 332 g/mol. The molecule has 5 nitrogen and oxygen atoms in total. The molecule has 1 aromatic carbocycles. The summed E-state index contributed by atoms with van der Waals surface area (Å²) in [6.45, 7) is 3.82. The first kappa shape index (κ1) is 14.5. The number of halogens is 1. The van der Waals surface area contributed by atoms with Crippen molar-refractivity contribution >= 4 is 31.9 Å². The summed E-state index contributed by atoms with van der Waals surface area (Å²) in [5.74, 6) is -0.280. The Labute approximate surface area is 121 Å². The highest BCUT2D eigenvalue weighted by Gasteiger charge is 2.44. The van der Waals surface area contributed by atoms with Crippen LogP contribution in [0.15, 0.2) is 33.6 Å². The molecule has 0 atom stereocenters. The average Bonchev–Trinajstić information content (AvgIpc) is 2.32. The number of piperazine rings is 1. The fourth-order valence-corrected chi connectivity index (χ4v) is 4.40. The molecule has 0 radical (unpaired) electrons. The average molecular weight is 347 g/mol. The van der Waals surface area contributed by atoms with Crippen LogP contribution in [0.1, 0.15) is 13.8 Å². The number of carbonyl (C=O) groups excluding carboxylic acids is 1. The number of nitrogens with zero attached hydrogens (tertiary/aromatic N) is 1. The second-order valence-electron chi connectivity index (χ2n) is 4.85. The van der Waals surface area contributed by atoms with E-state index in [0.717, 1.165) is 0 Å². The predicted molar refractivity (Wildman–Crippen MR) is 75.1 cm³/mol. The summed E-state index contributed by atoms with van der Waals surface area (Å²) in [7, 11) is -3.68. The van der Waals surface area contributed by atoms with E-state index in [1.54, 1.807) is 26.0 Å².